The van der Waals surface area contributed by atoms with Crippen molar-refractivity contribution < 1.29 is 4.79 Å². The molecule has 0 spiro atoms. The van der Waals surface area contributed by atoms with Crippen molar-refractivity contribution in [2.24, 2.45) is 5.92 Å². The number of nitrogens with zero attached hydrogens (tertiary/aromatic N) is 2. The van der Waals surface area contributed by atoms with Crippen molar-refractivity contribution in [1.29, 1.82) is 0 Å². The van der Waals surface area contributed by atoms with E-state index in [1.54, 1.807) is 13.8 Å². The second kappa shape index (κ2) is 9.15. The van der Waals surface area contributed by atoms with Crippen LogP contribution in [0.2, 0.25) is 0 Å². The lowest BCUT2D eigenvalue weighted by Gasteiger charge is -2.31. The maximum absolute atomic E-state index is 12.4. The van der Waals surface area contributed by atoms with Gasteiger partial charge in [0.25, 0.3) is 5.56 Å². The van der Waals surface area contributed by atoms with E-state index in [4.69, 9.17) is 0 Å². The van der Waals surface area contributed by atoms with Crippen LogP contribution < -0.4 is 10.9 Å². The number of hydrogen-bond acceptors (Lipinski definition) is 4. The number of piperidine rings is 1. The zero-order valence-electron chi connectivity index (χ0n) is 17.0. The van der Waals surface area contributed by atoms with E-state index in [1.807, 2.05) is 6.07 Å². The summed E-state index contributed by atoms with van der Waals surface area (Å²) in [7, 11) is 0. The third kappa shape index (κ3) is 5.29. The van der Waals surface area contributed by atoms with Crippen molar-refractivity contribution in [1.82, 2.24) is 20.2 Å². The van der Waals surface area contributed by atoms with E-state index in [0.717, 1.165) is 31.1 Å². The summed E-state index contributed by atoms with van der Waals surface area (Å²) in [6.45, 7) is 9.45. The SMILES string of the molecule is Cc1nc(C)c(CC(=O)NCc2ccccc2CN2CCC[C@H](C)C2)c(=O)[nH]1. The standard InChI is InChI=1S/C22H30N4O2/c1-15-7-6-10-26(13-15)14-19-9-5-4-8-18(19)12-23-21(27)11-20-16(2)24-17(3)25-22(20)28/h4-5,8-9,15H,6-7,10-14H2,1-3H3,(H,23,27)(H,24,25,28)/t15-/m0/s1. The average molecular weight is 383 g/mol. The molecule has 6 heteroatoms. The highest BCUT2D eigenvalue weighted by molar-refractivity contribution is 5.78. The van der Waals surface area contributed by atoms with Crippen molar-refractivity contribution in [3.63, 3.8) is 0 Å². The summed E-state index contributed by atoms with van der Waals surface area (Å²) in [5.41, 5.74) is 3.18. The van der Waals surface area contributed by atoms with E-state index in [0.29, 0.717) is 23.6 Å². The van der Waals surface area contributed by atoms with Gasteiger partial charge in [-0.2, -0.15) is 0 Å². The number of aromatic nitrogens is 2. The zero-order chi connectivity index (χ0) is 20.1. The number of carbonyl (C=O) groups excluding carboxylic acids is 1. The number of benzene rings is 1. The van der Waals surface area contributed by atoms with Gasteiger partial charge in [-0.1, -0.05) is 31.2 Å². The first-order valence-corrected chi connectivity index (χ1v) is 10.0. The van der Waals surface area contributed by atoms with Crippen LogP contribution >= 0.6 is 0 Å². The second-order valence-electron chi connectivity index (χ2n) is 7.92. The molecule has 1 saturated heterocycles. The van der Waals surface area contributed by atoms with Crippen LogP contribution in [-0.2, 0) is 24.3 Å². The molecule has 150 valence electrons. The lowest BCUT2D eigenvalue weighted by atomic mass is 9.99. The first kappa shape index (κ1) is 20.3. The molecule has 3 rings (SSSR count). The van der Waals surface area contributed by atoms with E-state index < -0.39 is 0 Å². The summed E-state index contributed by atoms with van der Waals surface area (Å²) < 4.78 is 0. The Bertz CT molecular complexity index is 890. The molecular weight excluding hydrogens is 352 g/mol. The van der Waals surface area contributed by atoms with Crippen LogP contribution in [0, 0.1) is 19.8 Å². The molecule has 0 radical (unpaired) electrons. The number of rotatable bonds is 6. The maximum atomic E-state index is 12.4. The molecule has 1 fully saturated rings. The van der Waals surface area contributed by atoms with Gasteiger partial charge < -0.3 is 10.3 Å². The summed E-state index contributed by atoms with van der Waals surface area (Å²) in [4.78, 5) is 33.9. The zero-order valence-corrected chi connectivity index (χ0v) is 17.0. The maximum Gasteiger partial charge on any atom is 0.254 e. The molecule has 2 N–H and O–H groups in total. The molecule has 6 nitrogen and oxygen atoms in total. The lowest BCUT2D eigenvalue weighted by Crippen LogP contribution is -2.34. The molecule has 1 aromatic heterocycles. The Labute approximate surface area is 166 Å². The number of aryl methyl sites for hydroxylation is 2. The second-order valence-corrected chi connectivity index (χ2v) is 7.92. The molecular formula is C22H30N4O2. The van der Waals surface area contributed by atoms with Gasteiger partial charge in [0.05, 0.1) is 6.42 Å². The van der Waals surface area contributed by atoms with Crippen LogP contribution in [0.5, 0.6) is 0 Å². The summed E-state index contributed by atoms with van der Waals surface area (Å²) in [5.74, 6) is 1.14. The number of nitrogens with one attached hydrogen (secondary N) is 2. The molecule has 1 aliphatic rings. The van der Waals surface area contributed by atoms with Gasteiger partial charge in [-0.15, -0.1) is 0 Å². The van der Waals surface area contributed by atoms with Gasteiger partial charge in [0, 0.05) is 30.9 Å². The van der Waals surface area contributed by atoms with E-state index in [2.05, 4.69) is 45.3 Å². The normalized spacial score (nSPS) is 17.5. The van der Waals surface area contributed by atoms with E-state index in [-0.39, 0.29) is 17.9 Å². The predicted molar refractivity (Wildman–Crippen MR) is 110 cm³/mol. The van der Waals surface area contributed by atoms with Gasteiger partial charge in [-0.05, 0) is 50.3 Å². The summed E-state index contributed by atoms with van der Waals surface area (Å²) >= 11 is 0. The molecule has 2 aromatic rings. The molecule has 1 amide bonds. The van der Waals surface area contributed by atoms with Gasteiger partial charge in [-0.3, -0.25) is 14.5 Å². The van der Waals surface area contributed by atoms with Crippen molar-refractivity contribution in [3.8, 4) is 0 Å². The van der Waals surface area contributed by atoms with Crippen LogP contribution in [-0.4, -0.2) is 33.9 Å². The number of aromatic amines is 1. The first-order valence-electron chi connectivity index (χ1n) is 10.0. The van der Waals surface area contributed by atoms with E-state index in [9.17, 15) is 9.59 Å². The monoisotopic (exact) mass is 382 g/mol. The van der Waals surface area contributed by atoms with Crippen LogP contribution in [0.4, 0.5) is 0 Å². The minimum Gasteiger partial charge on any atom is -0.352 e. The fraction of sp³-hybridized carbons (Fsp3) is 0.500. The van der Waals surface area contributed by atoms with Crippen LogP contribution in [0.25, 0.3) is 0 Å². The summed E-state index contributed by atoms with van der Waals surface area (Å²) in [6, 6.07) is 8.26. The Morgan fingerprint density at radius 1 is 1.29 bits per heavy atom. The molecule has 0 saturated carbocycles. The smallest absolute Gasteiger partial charge is 0.254 e. The van der Waals surface area contributed by atoms with Gasteiger partial charge in [0.2, 0.25) is 5.91 Å². The molecule has 28 heavy (non-hydrogen) atoms. The fourth-order valence-electron chi connectivity index (χ4n) is 3.93. The first-order chi connectivity index (χ1) is 13.4. The molecule has 0 unspecified atom stereocenters. The average Bonchev–Trinajstić information content (AvgIpc) is 2.64. The fourth-order valence-corrected chi connectivity index (χ4v) is 3.93. The van der Waals surface area contributed by atoms with Crippen molar-refractivity contribution in [2.45, 2.75) is 53.1 Å². The Morgan fingerprint density at radius 2 is 2.04 bits per heavy atom. The number of carbonyl (C=O) groups is 1. The quantitative estimate of drug-likeness (QED) is 0.805. The highest BCUT2D eigenvalue weighted by atomic mass is 16.2. The van der Waals surface area contributed by atoms with Crippen molar-refractivity contribution >= 4 is 5.91 Å². The minimum absolute atomic E-state index is 0.0419. The summed E-state index contributed by atoms with van der Waals surface area (Å²) in [6.07, 6.45) is 2.60. The number of likely N-dealkylation sites (tertiary alicyclic amines) is 1. The number of amides is 1. The van der Waals surface area contributed by atoms with Crippen molar-refractivity contribution in [3.05, 3.63) is 62.8 Å². The highest BCUT2D eigenvalue weighted by Crippen LogP contribution is 2.19. The lowest BCUT2D eigenvalue weighted by molar-refractivity contribution is -0.120. The summed E-state index contributed by atoms with van der Waals surface area (Å²) in [5, 5.41) is 2.96. The number of H-pyrrole nitrogens is 1. The van der Waals surface area contributed by atoms with Crippen molar-refractivity contribution in [2.75, 3.05) is 13.1 Å². The Kier molecular flexibility index (Phi) is 6.62. The van der Waals surface area contributed by atoms with E-state index in [1.165, 1.54) is 18.4 Å². The van der Waals surface area contributed by atoms with E-state index >= 15 is 0 Å². The molecule has 1 aromatic carbocycles. The van der Waals surface area contributed by atoms with Gasteiger partial charge in [-0.25, -0.2) is 4.98 Å². The van der Waals surface area contributed by atoms with Crippen LogP contribution in [0.3, 0.4) is 0 Å². The molecule has 1 aliphatic heterocycles. The molecule has 0 aliphatic carbocycles. The third-order valence-corrected chi connectivity index (χ3v) is 5.41. The van der Waals surface area contributed by atoms with Gasteiger partial charge in [0.15, 0.2) is 0 Å². The topological polar surface area (TPSA) is 78.1 Å². The Morgan fingerprint density at radius 3 is 2.75 bits per heavy atom. The number of hydrogen-bond donors (Lipinski definition) is 2. The Balaban J connectivity index is 1.62. The molecule has 1 atom stereocenters. The van der Waals surface area contributed by atoms with Gasteiger partial charge >= 0.3 is 0 Å². The third-order valence-electron chi connectivity index (χ3n) is 5.41. The minimum atomic E-state index is -0.236. The predicted octanol–water partition coefficient (Wildman–Crippen LogP) is 2.48. The van der Waals surface area contributed by atoms with Crippen LogP contribution in [0.1, 0.15) is 48.0 Å². The largest absolute Gasteiger partial charge is 0.352 e. The van der Waals surface area contributed by atoms with Crippen LogP contribution in [0.15, 0.2) is 29.1 Å². The Hall–Kier alpha value is -2.47. The van der Waals surface area contributed by atoms with Gasteiger partial charge in [0.1, 0.15) is 5.82 Å². The highest BCUT2D eigenvalue weighted by Gasteiger charge is 2.17. The molecule has 2 heterocycles. The molecule has 0 bridgehead atoms.